The zero-order chi connectivity index (χ0) is 15.6. The largest absolute Gasteiger partial charge is 0.573 e. The van der Waals surface area contributed by atoms with Gasteiger partial charge in [-0.3, -0.25) is 0 Å². The van der Waals surface area contributed by atoms with E-state index in [-0.39, 0.29) is 12.5 Å². The molecule has 5 nitrogen and oxygen atoms in total. The first-order valence-corrected chi connectivity index (χ1v) is 6.34. The molecule has 22 heavy (non-hydrogen) atoms. The van der Waals surface area contributed by atoms with Crippen LogP contribution in [0.3, 0.4) is 0 Å². The number of aromatic nitrogens is 1. The lowest BCUT2D eigenvalue weighted by molar-refractivity contribution is -0.274. The predicted molar refractivity (Wildman–Crippen MR) is 70.8 cm³/mol. The molecule has 116 valence electrons. The van der Waals surface area contributed by atoms with Crippen LogP contribution in [0, 0.1) is 0 Å². The van der Waals surface area contributed by atoms with Crippen molar-refractivity contribution in [2.24, 2.45) is 0 Å². The summed E-state index contributed by atoms with van der Waals surface area (Å²) in [6.45, 7) is 0.576. The minimum Gasteiger partial charge on any atom is -0.454 e. The molecule has 0 bridgehead atoms. The van der Waals surface area contributed by atoms with Gasteiger partial charge in [0.25, 0.3) is 0 Å². The number of halogens is 3. The van der Waals surface area contributed by atoms with Crippen LogP contribution in [0.25, 0.3) is 0 Å². The number of fused-ring (bicyclic) bond motifs is 1. The smallest absolute Gasteiger partial charge is 0.454 e. The zero-order valence-electron chi connectivity index (χ0n) is 11.2. The van der Waals surface area contributed by atoms with Crippen LogP contribution in [0.1, 0.15) is 5.56 Å². The normalized spacial score (nSPS) is 13.0. The molecule has 1 N–H and O–H groups in total. The summed E-state index contributed by atoms with van der Waals surface area (Å²) in [6, 6.07) is 8.09. The van der Waals surface area contributed by atoms with Gasteiger partial charge in [-0.2, -0.15) is 0 Å². The van der Waals surface area contributed by atoms with E-state index in [0.717, 1.165) is 11.8 Å². The zero-order valence-corrected chi connectivity index (χ0v) is 11.2. The average molecular weight is 312 g/mol. The molecule has 2 aromatic rings. The van der Waals surface area contributed by atoms with Crippen molar-refractivity contribution >= 4 is 5.82 Å². The van der Waals surface area contributed by atoms with Gasteiger partial charge in [0.05, 0.1) is 6.20 Å². The second kappa shape index (κ2) is 5.63. The highest BCUT2D eigenvalue weighted by molar-refractivity contribution is 5.50. The van der Waals surface area contributed by atoms with Crippen molar-refractivity contribution in [2.75, 3.05) is 12.1 Å². The molecule has 1 aromatic heterocycles. The minimum atomic E-state index is -4.72. The Hall–Kier alpha value is -2.64. The van der Waals surface area contributed by atoms with Gasteiger partial charge in [0.2, 0.25) is 6.79 Å². The standard InChI is InChI=1S/C14H11F3N2O3/c15-14(16,17)22-10-4-5-12(19-7-10)18-6-9-2-1-3-11-13(9)21-8-20-11/h1-5,7H,6,8H2,(H,18,19). The first-order valence-electron chi connectivity index (χ1n) is 6.34. The molecule has 0 saturated heterocycles. The molecule has 0 radical (unpaired) electrons. The first-order chi connectivity index (χ1) is 10.5. The molecule has 0 saturated carbocycles. The lowest BCUT2D eigenvalue weighted by Crippen LogP contribution is -2.17. The Balaban J connectivity index is 1.64. The van der Waals surface area contributed by atoms with Gasteiger partial charge in [0, 0.05) is 12.1 Å². The Labute approximate surface area is 123 Å². The number of benzene rings is 1. The molecule has 0 aliphatic carbocycles. The SMILES string of the molecule is FC(F)(F)Oc1ccc(NCc2cccc3c2OCO3)nc1. The minimum absolute atomic E-state index is 0.175. The predicted octanol–water partition coefficient (Wildman–Crippen LogP) is 3.32. The van der Waals surface area contributed by atoms with Gasteiger partial charge < -0.3 is 19.5 Å². The average Bonchev–Trinajstić information content (AvgIpc) is 2.94. The Morgan fingerprint density at radius 2 is 2.05 bits per heavy atom. The molecule has 0 atom stereocenters. The number of anilines is 1. The molecule has 2 heterocycles. The van der Waals surface area contributed by atoms with E-state index in [2.05, 4.69) is 15.0 Å². The number of nitrogens with zero attached hydrogens (tertiary/aromatic N) is 1. The number of hydrogen-bond acceptors (Lipinski definition) is 5. The maximum absolute atomic E-state index is 12.0. The number of rotatable bonds is 4. The van der Waals surface area contributed by atoms with Crippen molar-refractivity contribution in [1.82, 2.24) is 4.98 Å². The van der Waals surface area contributed by atoms with Gasteiger partial charge >= 0.3 is 6.36 Å². The summed E-state index contributed by atoms with van der Waals surface area (Å²) >= 11 is 0. The van der Waals surface area contributed by atoms with Crippen molar-refractivity contribution in [3.8, 4) is 17.2 Å². The second-order valence-electron chi connectivity index (χ2n) is 4.43. The van der Waals surface area contributed by atoms with E-state index in [1.54, 1.807) is 6.07 Å². The molecule has 0 amide bonds. The van der Waals surface area contributed by atoms with Crippen LogP contribution in [0.2, 0.25) is 0 Å². The number of para-hydroxylation sites is 1. The van der Waals surface area contributed by atoms with Crippen molar-refractivity contribution in [1.29, 1.82) is 0 Å². The van der Waals surface area contributed by atoms with E-state index in [9.17, 15) is 13.2 Å². The van der Waals surface area contributed by atoms with E-state index >= 15 is 0 Å². The van der Waals surface area contributed by atoms with Crippen molar-refractivity contribution in [2.45, 2.75) is 12.9 Å². The molecule has 0 spiro atoms. The van der Waals surface area contributed by atoms with Crippen LogP contribution in [-0.2, 0) is 6.54 Å². The van der Waals surface area contributed by atoms with Crippen LogP contribution >= 0.6 is 0 Å². The Morgan fingerprint density at radius 1 is 1.18 bits per heavy atom. The van der Waals surface area contributed by atoms with Gasteiger partial charge in [-0.25, -0.2) is 4.98 Å². The van der Waals surface area contributed by atoms with E-state index in [1.165, 1.54) is 12.1 Å². The van der Waals surface area contributed by atoms with Crippen molar-refractivity contribution in [3.05, 3.63) is 42.1 Å². The highest BCUT2D eigenvalue weighted by Gasteiger charge is 2.31. The third-order valence-corrected chi connectivity index (χ3v) is 2.91. The Morgan fingerprint density at radius 3 is 2.77 bits per heavy atom. The monoisotopic (exact) mass is 312 g/mol. The molecular formula is C14H11F3N2O3. The summed E-state index contributed by atoms with van der Waals surface area (Å²) in [6.07, 6.45) is -3.72. The third kappa shape index (κ3) is 3.33. The second-order valence-corrected chi connectivity index (χ2v) is 4.43. The molecule has 1 aromatic carbocycles. The highest BCUT2D eigenvalue weighted by atomic mass is 19.4. The van der Waals surface area contributed by atoms with Gasteiger partial charge in [-0.15, -0.1) is 13.2 Å². The number of ether oxygens (including phenoxy) is 3. The summed E-state index contributed by atoms with van der Waals surface area (Å²) in [5.41, 5.74) is 0.868. The molecule has 1 aliphatic heterocycles. The van der Waals surface area contributed by atoms with Gasteiger partial charge in [-0.05, 0) is 18.2 Å². The molecular weight excluding hydrogens is 301 g/mol. The lowest BCUT2D eigenvalue weighted by Gasteiger charge is -2.10. The van der Waals surface area contributed by atoms with E-state index in [0.29, 0.717) is 23.9 Å². The topological polar surface area (TPSA) is 52.6 Å². The van der Waals surface area contributed by atoms with Crippen molar-refractivity contribution < 1.29 is 27.4 Å². The summed E-state index contributed by atoms with van der Waals surface area (Å²) < 4.78 is 50.5. The quantitative estimate of drug-likeness (QED) is 0.938. The number of hydrogen-bond donors (Lipinski definition) is 1. The van der Waals surface area contributed by atoms with Gasteiger partial charge in [0.15, 0.2) is 11.5 Å². The maximum Gasteiger partial charge on any atom is 0.573 e. The Bertz CT molecular complexity index is 659. The molecule has 0 unspecified atom stereocenters. The van der Waals surface area contributed by atoms with Crippen LogP contribution < -0.4 is 19.5 Å². The van der Waals surface area contributed by atoms with Crippen LogP contribution in [-0.4, -0.2) is 18.1 Å². The maximum atomic E-state index is 12.0. The fraction of sp³-hybridized carbons (Fsp3) is 0.214. The van der Waals surface area contributed by atoms with Gasteiger partial charge in [-0.1, -0.05) is 12.1 Å². The summed E-state index contributed by atoms with van der Waals surface area (Å²) in [5, 5.41) is 3.00. The van der Waals surface area contributed by atoms with Crippen LogP contribution in [0.5, 0.6) is 17.2 Å². The summed E-state index contributed by atoms with van der Waals surface area (Å²) in [5.74, 6) is 1.38. The summed E-state index contributed by atoms with van der Waals surface area (Å²) in [4.78, 5) is 3.86. The Kier molecular flexibility index (Phi) is 3.66. The number of alkyl halides is 3. The van der Waals surface area contributed by atoms with Gasteiger partial charge in [0.1, 0.15) is 11.6 Å². The van der Waals surface area contributed by atoms with E-state index in [1.807, 2.05) is 12.1 Å². The lowest BCUT2D eigenvalue weighted by atomic mass is 10.2. The number of nitrogens with one attached hydrogen (secondary N) is 1. The number of pyridine rings is 1. The fourth-order valence-corrected chi connectivity index (χ4v) is 1.99. The first kappa shape index (κ1) is 14.3. The third-order valence-electron chi connectivity index (χ3n) is 2.91. The molecule has 3 rings (SSSR count). The van der Waals surface area contributed by atoms with Crippen LogP contribution in [0.15, 0.2) is 36.5 Å². The molecule has 0 fully saturated rings. The molecule has 8 heteroatoms. The van der Waals surface area contributed by atoms with Crippen LogP contribution in [0.4, 0.5) is 19.0 Å². The van der Waals surface area contributed by atoms with Crippen molar-refractivity contribution in [3.63, 3.8) is 0 Å². The fourth-order valence-electron chi connectivity index (χ4n) is 1.99. The van der Waals surface area contributed by atoms with E-state index < -0.39 is 6.36 Å². The highest BCUT2D eigenvalue weighted by Crippen LogP contribution is 2.35. The van der Waals surface area contributed by atoms with E-state index in [4.69, 9.17) is 9.47 Å². The summed E-state index contributed by atoms with van der Waals surface area (Å²) in [7, 11) is 0. The molecule has 1 aliphatic rings.